The van der Waals surface area contributed by atoms with Gasteiger partial charge in [0.2, 0.25) is 0 Å². The zero-order valence-corrected chi connectivity index (χ0v) is 20.5. The van der Waals surface area contributed by atoms with Gasteiger partial charge in [-0.3, -0.25) is 4.98 Å². The molecular weight excluding hydrogens is 424 g/mol. The number of benzene rings is 4. The van der Waals surface area contributed by atoms with Crippen LogP contribution in [0.25, 0.3) is 32.8 Å². The highest BCUT2D eigenvalue weighted by Crippen LogP contribution is 2.36. The maximum Gasteiger partial charge on any atom is 0.0949 e. The van der Waals surface area contributed by atoms with E-state index in [1.54, 1.807) is 0 Å². The molecule has 0 saturated heterocycles. The summed E-state index contributed by atoms with van der Waals surface area (Å²) in [5, 5.41) is 8.99. The van der Waals surface area contributed by atoms with Crippen LogP contribution in [0.1, 0.15) is 50.4 Å². The maximum absolute atomic E-state index is 5.22. The molecule has 5 rings (SSSR count). The summed E-state index contributed by atoms with van der Waals surface area (Å²) in [5.41, 5.74) is 5.73. The maximum atomic E-state index is 5.22. The van der Waals surface area contributed by atoms with Crippen LogP contribution in [0.3, 0.4) is 0 Å². The van der Waals surface area contributed by atoms with Crippen molar-refractivity contribution in [2.45, 2.75) is 39.2 Å². The average Bonchev–Trinajstić information content (AvgIpc) is 2.91. The zero-order valence-electron chi connectivity index (χ0n) is 20.5. The third-order valence-corrected chi connectivity index (χ3v) is 6.54. The minimum Gasteiger partial charge on any atom is -0.376 e. The molecule has 1 heterocycles. The molecule has 0 amide bonds. The molecule has 2 nitrogen and oxygen atoms in total. The van der Waals surface area contributed by atoms with Crippen molar-refractivity contribution in [3.63, 3.8) is 0 Å². The van der Waals surface area contributed by atoms with Crippen molar-refractivity contribution in [3.8, 4) is 11.3 Å². The van der Waals surface area contributed by atoms with E-state index in [1.165, 1.54) is 32.8 Å². The number of pyridine rings is 1. The highest BCUT2D eigenvalue weighted by molar-refractivity contribution is 6.03. The van der Waals surface area contributed by atoms with Crippen molar-refractivity contribution in [3.05, 3.63) is 126 Å². The molecule has 0 saturated carbocycles. The summed E-state index contributed by atoms with van der Waals surface area (Å²) in [6.07, 6.45) is 5.44. The topological polar surface area (TPSA) is 24.9 Å². The Hall–Kier alpha value is -3.91. The molecule has 0 bridgehead atoms. The molecule has 0 aliphatic carbocycles. The number of fused-ring (bicyclic) bond motifs is 2. The lowest BCUT2D eigenvalue weighted by atomic mass is 9.90. The van der Waals surface area contributed by atoms with Crippen molar-refractivity contribution >= 4 is 21.5 Å². The van der Waals surface area contributed by atoms with Crippen LogP contribution in [-0.2, 0) is 0 Å². The summed E-state index contributed by atoms with van der Waals surface area (Å²) in [6, 6.07) is 36.5. The van der Waals surface area contributed by atoms with Gasteiger partial charge < -0.3 is 5.32 Å². The van der Waals surface area contributed by atoms with Crippen LogP contribution in [0, 0.1) is 0 Å². The molecule has 0 spiro atoms. The summed E-state index contributed by atoms with van der Waals surface area (Å²) in [7, 11) is 0. The van der Waals surface area contributed by atoms with Crippen LogP contribution < -0.4 is 5.32 Å². The summed E-state index contributed by atoms with van der Waals surface area (Å²) < 4.78 is 0. The van der Waals surface area contributed by atoms with E-state index in [4.69, 9.17) is 4.98 Å². The van der Waals surface area contributed by atoms with E-state index in [0.29, 0.717) is 0 Å². The van der Waals surface area contributed by atoms with E-state index in [-0.39, 0.29) is 6.04 Å². The highest BCUT2D eigenvalue weighted by atomic mass is 15.0. The first-order valence-electron chi connectivity index (χ1n) is 12.7. The van der Waals surface area contributed by atoms with Gasteiger partial charge in [0.15, 0.2) is 0 Å². The Kier molecular flexibility index (Phi) is 6.90. The molecule has 0 radical (unpaired) electrons. The Bertz CT molecular complexity index is 1410. The molecule has 0 fully saturated rings. The monoisotopic (exact) mass is 456 g/mol. The molecule has 4 aromatic carbocycles. The van der Waals surface area contributed by atoms with Crippen LogP contribution in [0.15, 0.2) is 115 Å². The number of rotatable bonds is 8. The Morgan fingerprint density at radius 1 is 0.771 bits per heavy atom. The van der Waals surface area contributed by atoms with Crippen molar-refractivity contribution in [2.24, 2.45) is 0 Å². The van der Waals surface area contributed by atoms with Crippen LogP contribution in [0.2, 0.25) is 0 Å². The number of allylic oxidation sites excluding steroid dienone is 2. The van der Waals surface area contributed by atoms with E-state index in [0.717, 1.165) is 36.2 Å². The highest BCUT2D eigenvalue weighted by Gasteiger charge is 2.22. The molecule has 1 atom stereocenters. The van der Waals surface area contributed by atoms with E-state index < -0.39 is 0 Å². The smallest absolute Gasteiger partial charge is 0.0949 e. The summed E-state index contributed by atoms with van der Waals surface area (Å²) in [5.74, 6) is 0. The first kappa shape index (κ1) is 22.9. The van der Waals surface area contributed by atoms with Gasteiger partial charge in [0.1, 0.15) is 0 Å². The normalized spacial score (nSPS) is 12.7. The van der Waals surface area contributed by atoms with Crippen LogP contribution >= 0.6 is 0 Å². The first-order valence-corrected chi connectivity index (χ1v) is 12.7. The second-order valence-electron chi connectivity index (χ2n) is 9.01. The standard InChI is InChI=1S/C33H32N2/c1-3-13-27(14-4-2)34-33(31-22-12-21-30(35-31)24-15-6-5-7-16-24)32-28-19-10-8-17-25(28)23-26-18-9-11-20-29(26)32/h5-13,15-23,33-34H,3-4,14H2,1-2H3. The third-order valence-electron chi connectivity index (χ3n) is 6.54. The Morgan fingerprint density at radius 3 is 2.09 bits per heavy atom. The molecule has 1 aromatic heterocycles. The Labute approximate surface area is 208 Å². The van der Waals surface area contributed by atoms with Gasteiger partial charge in [0.05, 0.1) is 17.4 Å². The number of hydrogen-bond acceptors (Lipinski definition) is 2. The van der Waals surface area contributed by atoms with Gasteiger partial charge in [-0.05, 0) is 58.1 Å². The largest absolute Gasteiger partial charge is 0.376 e. The molecule has 0 aliphatic rings. The molecule has 1 unspecified atom stereocenters. The molecule has 0 aliphatic heterocycles. The van der Waals surface area contributed by atoms with Gasteiger partial charge in [0.25, 0.3) is 0 Å². The first-order chi connectivity index (χ1) is 17.3. The fourth-order valence-electron chi connectivity index (χ4n) is 4.97. The molecule has 174 valence electrons. The Balaban J connectivity index is 1.76. The predicted molar refractivity (Wildman–Crippen MR) is 149 cm³/mol. The number of nitrogens with zero attached hydrogens (tertiary/aromatic N) is 1. The number of aromatic nitrogens is 1. The van der Waals surface area contributed by atoms with Crippen LogP contribution in [-0.4, -0.2) is 4.98 Å². The van der Waals surface area contributed by atoms with Gasteiger partial charge in [0, 0.05) is 11.3 Å². The predicted octanol–water partition coefficient (Wildman–Crippen LogP) is 8.83. The van der Waals surface area contributed by atoms with E-state index in [2.05, 4.69) is 122 Å². The lowest BCUT2D eigenvalue weighted by Crippen LogP contribution is -2.24. The minimum absolute atomic E-state index is 0.0704. The van der Waals surface area contributed by atoms with Crippen molar-refractivity contribution in [1.29, 1.82) is 0 Å². The number of nitrogens with one attached hydrogen (secondary N) is 1. The van der Waals surface area contributed by atoms with Gasteiger partial charge in [-0.15, -0.1) is 0 Å². The molecule has 35 heavy (non-hydrogen) atoms. The lowest BCUT2D eigenvalue weighted by Gasteiger charge is -2.26. The van der Waals surface area contributed by atoms with Crippen molar-refractivity contribution in [2.75, 3.05) is 0 Å². The van der Waals surface area contributed by atoms with Crippen LogP contribution in [0.4, 0.5) is 0 Å². The second-order valence-corrected chi connectivity index (χ2v) is 9.01. The van der Waals surface area contributed by atoms with E-state index in [1.807, 2.05) is 6.07 Å². The lowest BCUT2D eigenvalue weighted by molar-refractivity contribution is 0.643. The average molecular weight is 457 g/mol. The minimum atomic E-state index is -0.0704. The third kappa shape index (κ3) is 4.83. The number of hydrogen-bond donors (Lipinski definition) is 1. The molecule has 2 heteroatoms. The van der Waals surface area contributed by atoms with E-state index in [9.17, 15) is 0 Å². The molecule has 5 aromatic rings. The second kappa shape index (κ2) is 10.6. The summed E-state index contributed by atoms with van der Waals surface area (Å²) in [6.45, 7) is 4.44. The van der Waals surface area contributed by atoms with Gasteiger partial charge in [-0.2, -0.15) is 0 Å². The van der Waals surface area contributed by atoms with E-state index >= 15 is 0 Å². The molecule has 1 N–H and O–H groups in total. The zero-order chi connectivity index (χ0) is 24.0. The van der Waals surface area contributed by atoms with Gasteiger partial charge >= 0.3 is 0 Å². The van der Waals surface area contributed by atoms with Gasteiger partial charge in [-0.25, -0.2) is 0 Å². The summed E-state index contributed by atoms with van der Waals surface area (Å²) >= 11 is 0. The fourth-order valence-corrected chi connectivity index (χ4v) is 4.97. The molecular formula is C33H32N2. The van der Waals surface area contributed by atoms with Crippen molar-refractivity contribution in [1.82, 2.24) is 10.3 Å². The van der Waals surface area contributed by atoms with Crippen LogP contribution in [0.5, 0.6) is 0 Å². The SMILES string of the molecule is CCC=C(CCC)NC(c1cccc(-c2ccccc2)n1)c1c2ccccc2cc2ccccc12. The van der Waals surface area contributed by atoms with Crippen molar-refractivity contribution < 1.29 is 0 Å². The quantitative estimate of drug-likeness (QED) is 0.236. The fraction of sp³-hybridized carbons (Fsp3) is 0.182. The van der Waals surface area contributed by atoms with Gasteiger partial charge in [-0.1, -0.05) is 111 Å². The summed E-state index contributed by atoms with van der Waals surface area (Å²) in [4.78, 5) is 5.22. The Morgan fingerprint density at radius 2 is 1.43 bits per heavy atom.